The van der Waals surface area contributed by atoms with Crippen LogP contribution >= 0.6 is 0 Å². The van der Waals surface area contributed by atoms with Crippen molar-refractivity contribution in [2.45, 2.75) is 0 Å². The second-order valence-corrected chi connectivity index (χ2v) is 13.0. The molecule has 0 aromatic carbocycles. The van der Waals surface area contributed by atoms with E-state index in [1.54, 1.807) is 0 Å². The molecule has 0 aromatic rings. The molecule has 1 nitrogen and oxygen atoms in total. The van der Waals surface area contributed by atoms with Crippen molar-refractivity contribution in [3.63, 3.8) is 0 Å². The van der Waals surface area contributed by atoms with Gasteiger partial charge in [0.1, 0.15) is 0 Å². The first-order valence-electron chi connectivity index (χ1n) is 1.29. The molecular formula is CH4OS5. The number of thiol groups is 1. The normalized spacial score (nSPS) is 19.1. The molecule has 0 aliphatic rings. The van der Waals surface area contributed by atoms with E-state index in [-0.39, 0.29) is 0 Å². The van der Waals surface area contributed by atoms with Gasteiger partial charge in [0.25, 0.3) is 0 Å². The molecule has 0 aliphatic carbocycles. The van der Waals surface area contributed by atoms with Gasteiger partial charge in [0.2, 0.25) is 0 Å². The van der Waals surface area contributed by atoms with Crippen molar-refractivity contribution in [3.05, 3.63) is 0 Å². The highest BCUT2D eigenvalue weighted by Crippen LogP contribution is 1.81. The van der Waals surface area contributed by atoms with Gasteiger partial charge >= 0.3 is 0 Å². The zero-order valence-electron chi connectivity index (χ0n) is 3.49. The fourth-order valence-electron chi connectivity index (χ4n) is 0. The summed E-state index contributed by atoms with van der Waals surface area (Å²) in [4.78, 5) is 0. The molecule has 7 heavy (non-hydrogen) atoms. The van der Waals surface area contributed by atoms with Crippen LogP contribution in [0.25, 0.3) is 0 Å². The van der Waals surface area contributed by atoms with Crippen LogP contribution in [-0.4, -0.2) is 10.5 Å². The van der Waals surface area contributed by atoms with Crippen LogP contribution in [0.2, 0.25) is 0 Å². The molecule has 0 saturated heterocycles. The maximum atomic E-state index is 10.5. The summed E-state index contributed by atoms with van der Waals surface area (Å²) >= 11 is 13.5. The van der Waals surface area contributed by atoms with E-state index in [4.69, 9.17) is 0 Å². The second-order valence-electron chi connectivity index (χ2n) is 0.957. The zero-order valence-corrected chi connectivity index (χ0v) is 7.65. The van der Waals surface area contributed by atoms with Gasteiger partial charge in [0.05, 0.1) is 7.52 Å². The van der Waals surface area contributed by atoms with Gasteiger partial charge in [-0.2, -0.15) is 0 Å². The minimum absolute atomic E-state index is 1.23. The van der Waals surface area contributed by atoms with E-state index < -0.39 is 14.6 Å². The molecule has 0 N–H and O–H groups in total. The predicted molar refractivity (Wildman–Crippen MR) is 44.9 cm³/mol. The van der Waals surface area contributed by atoms with Crippen LogP contribution in [0.4, 0.5) is 0 Å². The average Bonchev–Trinajstić information content (AvgIpc) is 1.31. The third kappa shape index (κ3) is 3.72. The minimum atomic E-state index is -2.21. The lowest BCUT2D eigenvalue weighted by Crippen LogP contribution is -1.90. The second kappa shape index (κ2) is 2.63. The summed E-state index contributed by atoms with van der Waals surface area (Å²) in [5, 5.41) is 0. The zero-order chi connectivity index (χ0) is 6.08. The van der Waals surface area contributed by atoms with Crippen molar-refractivity contribution in [1.82, 2.24) is 0 Å². The fraction of sp³-hybridized carbons (Fsp3) is 1.00. The Morgan fingerprint density at radius 3 is 1.71 bits per heavy atom. The third-order valence-electron chi connectivity index (χ3n) is 0.271. The molecule has 0 aromatic heterocycles. The number of hydrogen-bond acceptors (Lipinski definition) is 4. The van der Waals surface area contributed by atoms with Crippen molar-refractivity contribution in [2.24, 2.45) is 0 Å². The van der Waals surface area contributed by atoms with E-state index in [0.29, 0.717) is 0 Å². The van der Waals surface area contributed by atoms with E-state index in [2.05, 4.69) is 33.6 Å². The first-order valence-corrected chi connectivity index (χ1v) is 8.15. The van der Waals surface area contributed by atoms with Crippen LogP contribution in [0.5, 0.6) is 0 Å². The first-order chi connectivity index (χ1) is 2.94. The summed E-state index contributed by atoms with van der Waals surface area (Å²) in [6.07, 6.45) is 1.42. The largest absolute Gasteiger partial charge is 0.246 e. The van der Waals surface area contributed by atoms with E-state index in [9.17, 15) is 4.21 Å². The molecule has 0 spiro atoms. The number of rotatable bonds is 1. The molecular weight excluding hydrogens is 188 g/mol. The Balaban J connectivity index is 4.82. The quantitative estimate of drug-likeness (QED) is 0.447. The smallest absolute Gasteiger partial charge is 0.0833 e. The minimum Gasteiger partial charge on any atom is -0.246 e. The van der Waals surface area contributed by atoms with Crippen LogP contribution in [0.1, 0.15) is 0 Å². The third-order valence-corrected chi connectivity index (χ3v) is 10.6. The standard InChI is InChI=1S/CH4OS5/c1-7(2,5)6(3)4/h6H,1H3. The maximum absolute atomic E-state index is 10.5. The van der Waals surface area contributed by atoms with E-state index >= 15 is 0 Å². The van der Waals surface area contributed by atoms with Crippen LogP contribution < -0.4 is 0 Å². The number of hydrogen-bond donors (Lipinski definition) is 1. The van der Waals surface area contributed by atoms with E-state index in [1.807, 2.05) is 0 Å². The van der Waals surface area contributed by atoms with Gasteiger partial charge in [-0.1, -0.05) is 0 Å². The highest BCUT2D eigenvalue weighted by atomic mass is 33.6. The van der Waals surface area contributed by atoms with Gasteiger partial charge in [-0.25, -0.2) is 4.21 Å². The summed E-state index contributed by atoms with van der Waals surface area (Å²) in [5.74, 6) is 0. The van der Waals surface area contributed by atoms with Crippen molar-refractivity contribution in [3.8, 4) is 0 Å². The predicted octanol–water partition coefficient (Wildman–Crippen LogP) is -0.448. The van der Waals surface area contributed by atoms with Crippen molar-refractivity contribution in [2.75, 3.05) is 6.26 Å². The van der Waals surface area contributed by atoms with Crippen LogP contribution in [0, 0.1) is 0 Å². The summed E-state index contributed by atoms with van der Waals surface area (Å²) in [5.41, 5.74) is 0. The summed E-state index contributed by atoms with van der Waals surface area (Å²) in [6.45, 7) is 0. The van der Waals surface area contributed by atoms with Crippen LogP contribution in [0.3, 0.4) is 0 Å². The topological polar surface area (TPSA) is 17.1 Å². The summed E-state index contributed by atoms with van der Waals surface area (Å²) in [6, 6.07) is 0. The molecule has 0 amide bonds. The lowest BCUT2D eigenvalue weighted by Gasteiger charge is -1.83. The van der Waals surface area contributed by atoms with Crippen molar-refractivity contribution >= 4 is 48.1 Å². The molecule has 0 bridgehead atoms. The Hall–Kier alpha value is 1.16. The van der Waals surface area contributed by atoms with E-state index in [1.165, 1.54) is 6.26 Å². The average molecular weight is 192 g/mol. The highest BCUT2D eigenvalue weighted by molar-refractivity contribution is 8.95. The van der Waals surface area contributed by atoms with E-state index in [0.717, 1.165) is 0 Å². The summed E-state index contributed by atoms with van der Waals surface area (Å²) in [7, 11) is -3.45. The molecule has 0 saturated carbocycles. The van der Waals surface area contributed by atoms with Gasteiger partial charge in [0.15, 0.2) is 0 Å². The Morgan fingerprint density at radius 1 is 1.57 bits per heavy atom. The first kappa shape index (κ1) is 8.16. The Kier molecular flexibility index (Phi) is 3.07. The molecule has 0 rings (SSSR count). The van der Waals surface area contributed by atoms with Gasteiger partial charge in [-0.05, 0) is 40.6 Å². The monoisotopic (exact) mass is 192 g/mol. The molecule has 1 unspecified atom stereocenters. The molecule has 0 heterocycles. The Bertz CT molecular complexity index is 196. The SMILES string of the molecule is CS(=O)(=S)[SH](=S)=S. The molecule has 1 atom stereocenters. The van der Waals surface area contributed by atoms with Gasteiger partial charge in [-0.3, -0.25) is 0 Å². The molecule has 0 aliphatic heterocycles. The Labute approximate surface area is 58.4 Å². The lowest BCUT2D eigenvalue weighted by atomic mass is 12.0. The van der Waals surface area contributed by atoms with Gasteiger partial charge < -0.3 is 0 Å². The van der Waals surface area contributed by atoms with Crippen LogP contribution in [-0.2, 0) is 48.1 Å². The molecule has 44 valence electrons. The summed E-state index contributed by atoms with van der Waals surface area (Å²) < 4.78 is 10.5. The van der Waals surface area contributed by atoms with Gasteiger partial charge in [-0.15, -0.1) is 0 Å². The fourth-order valence-corrected chi connectivity index (χ4v) is 0. The molecule has 0 fully saturated rings. The maximum Gasteiger partial charge on any atom is 0.0833 e. The lowest BCUT2D eigenvalue weighted by molar-refractivity contribution is 0.694. The highest BCUT2D eigenvalue weighted by Gasteiger charge is 1.87. The van der Waals surface area contributed by atoms with Gasteiger partial charge in [0, 0.05) is 6.26 Å². The van der Waals surface area contributed by atoms with Crippen molar-refractivity contribution < 1.29 is 4.21 Å². The molecule has 6 heteroatoms. The molecule has 0 radical (unpaired) electrons. The van der Waals surface area contributed by atoms with Crippen molar-refractivity contribution in [1.29, 1.82) is 0 Å². The van der Waals surface area contributed by atoms with Crippen LogP contribution in [0.15, 0.2) is 0 Å². The Morgan fingerprint density at radius 2 is 1.71 bits per heavy atom.